The summed E-state index contributed by atoms with van der Waals surface area (Å²) in [7, 11) is 0. The highest BCUT2D eigenvalue weighted by Gasteiger charge is 2.30. The number of halogens is 4. The summed E-state index contributed by atoms with van der Waals surface area (Å²) in [5, 5.41) is 10.1. The van der Waals surface area contributed by atoms with Crippen LogP contribution in [-0.4, -0.2) is 10.1 Å². The predicted octanol–water partition coefficient (Wildman–Crippen LogP) is 4.14. The molecule has 0 saturated heterocycles. The number of hydrogen-bond donors (Lipinski definition) is 1. The van der Waals surface area contributed by atoms with E-state index >= 15 is 0 Å². The van der Waals surface area contributed by atoms with Crippen molar-refractivity contribution in [2.75, 3.05) is 0 Å². The van der Waals surface area contributed by atoms with Crippen LogP contribution in [0.25, 0.3) is 0 Å². The summed E-state index contributed by atoms with van der Waals surface area (Å²) in [5.41, 5.74) is 0.380. The Morgan fingerprint density at radius 3 is 2.35 bits per heavy atom. The van der Waals surface area contributed by atoms with Crippen molar-refractivity contribution in [1.82, 2.24) is 4.98 Å². The summed E-state index contributed by atoms with van der Waals surface area (Å²) in [6.45, 7) is 0. The van der Waals surface area contributed by atoms with Crippen molar-refractivity contribution in [3.05, 3.63) is 63.9 Å². The van der Waals surface area contributed by atoms with E-state index in [-0.39, 0.29) is 6.42 Å². The van der Waals surface area contributed by atoms with Crippen LogP contribution in [0.15, 0.2) is 47.1 Å². The monoisotopic (exact) mass is 345 g/mol. The molecule has 1 aromatic heterocycles. The van der Waals surface area contributed by atoms with Gasteiger partial charge in [-0.05, 0) is 45.8 Å². The van der Waals surface area contributed by atoms with Crippen molar-refractivity contribution < 1.29 is 18.3 Å². The van der Waals surface area contributed by atoms with Gasteiger partial charge in [0.1, 0.15) is 6.10 Å². The Bertz CT molecular complexity index is 584. The zero-order valence-corrected chi connectivity index (χ0v) is 11.8. The molecule has 1 unspecified atom stereocenters. The Labute approximate surface area is 122 Å². The van der Waals surface area contributed by atoms with Gasteiger partial charge in [-0.1, -0.05) is 12.1 Å². The van der Waals surface area contributed by atoms with E-state index in [4.69, 9.17) is 0 Å². The normalized spacial score (nSPS) is 13.2. The second kappa shape index (κ2) is 5.93. The van der Waals surface area contributed by atoms with Gasteiger partial charge < -0.3 is 5.11 Å². The molecule has 0 bridgehead atoms. The topological polar surface area (TPSA) is 33.1 Å². The van der Waals surface area contributed by atoms with Gasteiger partial charge in [0.05, 0.1) is 11.3 Å². The molecule has 1 atom stereocenters. The first-order valence-electron chi connectivity index (χ1n) is 5.82. The molecule has 6 heteroatoms. The molecule has 2 rings (SSSR count). The summed E-state index contributed by atoms with van der Waals surface area (Å²) >= 11 is 3.28. The van der Waals surface area contributed by atoms with E-state index in [9.17, 15) is 18.3 Å². The number of aliphatic hydroxyl groups excluding tert-OH is 1. The Morgan fingerprint density at radius 1 is 1.15 bits per heavy atom. The molecule has 0 spiro atoms. The van der Waals surface area contributed by atoms with Gasteiger partial charge in [-0.2, -0.15) is 13.2 Å². The lowest BCUT2D eigenvalue weighted by molar-refractivity contribution is -0.137. The number of benzene rings is 1. The number of aliphatic hydroxyl groups is 1. The van der Waals surface area contributed by atoms with Crippen LogP contribution in [0.5, 0.6) is 0 Å². The van der Waals surface area contributed by atoms with E-state index in [0.717, 1.165) is 12.1 Å². The molecule has 0 aliphatic rings. The van der Waals surface area contributed by atoms with Crippen molar-refractivity contribution in [3.8, 4) is 0 Å². The van der Waals surface area contributed by atoms with E-state index in [1.165, 1.54) is 12.1 Å². The molecule has 2 aromatic rings. The molecule has 1 N–H and O–H groups in total. The van der Waals surface area contributed by atoms with E-state index < -0.39 is 17.8 Å². The van der Waals surface area contributed by atoms with E-state index in [2.05, 4.69) is 20.9 Å². The highest BCUT2D eigenvalue weighted by Crippen LogP contribution is 2.30. The highest BCUT2D eigenvalue weighted by atomic mass is 79.9. The average molecular weight is 346 g/mol. The van der Waals surface area contributed by atoms with E-state index in [1.807, 2.05) is 0 Å². The summed E-state index contributed by atoms with van der Waals surface area (Å²) < 4.78 is 38.0. The fourth-order valence-electron chi connectivity index (χ4n) is 1.79. The lowest BCUT2D eigenvalue weighted by Crippen LogP contribution is -2.07. The van der Waals surface area contributed by atoms with Crippen molar-refractivity contribution in [1.29, 1.82) is 0 Å². The molecular formula is C14H11BrF3NO. The van der Waals surface area contributed by atoms with Crippen LogP contribution < -0.4 is 0 Å². The smallest absolute Gasteiger partial charge is 0.386 e. The minimum absolute atomic E-state index is 0.202. The van der Waals surface area contributed by atoms with E-state index in [0.29, 0.717) is 15.7 Å². The van der Waals surface area contributed by atoms with Gasteiger partial charge in [-0.3, -0.25) is 4.98 Å². The minimum atomic E-state index is -4.35. The molecule has 0 saturated carbocycles. The van der Waals surface area contributed by atoms with Gasteiger partial charge in [0.15, 0.2) is 0 Å². The molecule has 20 heavy (non-hydrogen) atoms. The standard InChI is InChI=1S/C14H11BrF3NO/c15-11-2-1-7-19-13(11)12(20)8-9-3-5-10(6-4-9)14(16,17)18/h1-7,12,20H,8H2. The third kappa shape index (κ3) is 3.58. The number of rotatable bonds is 3. The Balaban J connectivity index is 2.13. The predicted molar refractivity (Wildman–Crippen MR) is 72.0 cm³/mol. The molecule has 0 amide bonds. The van der Waals surface area contributed by atoms with Crippen LogP contribution >= 0.6 is 15.9 Å². The zero-order valence-electron chi connectivity index (χ0n) is 10.2. The molecule has 1 aromatic carbocycles. The van der Waals surface area contributed by atoms with E-state index in [1.54, 1.807) is 18.3 Å². The van der Waals surface area contributed by atoms with Crippen LogP contribution in [0.3, 0.4) is 0 Å². The quantitative estimate of drug-likeness (QED) is 0.906. The number of pyridine rings is 1. The van der Waals surface area contributed by atoms with Crippen LogP contribution in [0.2, 0.25) is 0 Å². The van der Waals surface area contributed by atoms with Crippen LogP contribution in [0.4, 0.5) is 13.2 Å². The fourth-order valence-corrected chi connectivity index (χ4v) is 2.31. The third-order valence-corrected chi connectivity index (χ3v) is 3.48. The summed E-state index contributed by atoms with van der Waals surface area (Å²) in [6.07, 6.45) is -3.47. The number of alkyl halides is 3. The van der Waals surface area contributed by atoms with Gasteiger partial charge in [0.2, 0.25) is 0 Å². The van der Waals surface area contributed by atoms with Gasteiger partial charge in [-0.15, -0.1) is 0 Å². The molecule has 0 radical (unpaired) electrons. The minimum Gasteiger partial charge on any atom is -0.386 e. The van der Waals surface area contributed by atoms with Crippen LogP contribution in [-0.2, 0) is 12.6 Å². The molecule has 0 aliphatic heterocycles. The average Bonchev–Trinajstić information content (AvgIpc) is 2.38. The molecule has 106 valence electrons. The Kier molecular flexibility index (Phi) is 4.45. The van der Waals surface area contributed by atoms with Gasteiger partial charge >= 0.3 is 6.18 Å². The maximum atomic E-state index is 12.4. The molecule has 1 heterocycles. The second-order valence-electron chi connectivity index (χ2n) is 4.29. The first-order valence-corrected chi connectivity index (χ1v) is 6.62. The van der Waals surface area contributed by atoms with Gasteiger partial charge in [0, 0.05) is 17.1 Å². The summed E-state index contributed by atoms with van der Waals surface area (Å²) in [6, 6.07) is 8.22. The van der Waals surface area contributed by atoms with Crippen molar-refractivity contribution in [2.24, 2.45) is 0 Å². The molecule has 0 fully saturated rings. The SMILES string of the molecule is OC(Cc1ccc(C(F)(F)F)cc1)c1ncccc1Br. The first-order chi connectivity index (χ1) is 9.38. The van der Waals surface area contributed by atoms with Crippen molar-refractivity contribution in [2.45, 2.75) is 18.7 Å². The highest BCUT2D eigenvalue weighted by molar-refractivity contribution is 9.10. The van der Waals surface area contributed by atoms with Gasteiger partial charge in [-0.25, -0.2) is 0 Å². The summed E-state index contributed by atoms with van der Waals surface area (Å²) in [5.74, 6) is 0. The lowest BCUT2D eigenvalue weighted by Gasteiger charge is -2.12. The number of nitrogens with zero attached hydrogens (tertiary/aromatic N) is 1. The Hall–Kier alpha value is -1.40. The molecule has 2 nitrogen and oxygen atoms in total. The summed E-state index contributed by atoms with van der Waals surface area (Å²) in [4.78, 5) is 4.05. The lowest BCUT2D eigenvalue weighted by atomic mass is 10.0. The van der Waals surface area contributed by atoms with Crippen molar-refractivity contribution in [3.63, 3.8) is 0 Å². The second-order valence-corrected chi connectivity index (χ2v) is 5.14. The first kappa shape index (κ1) is 15.0. The molecular weight excluding hydrogens is 335 g/mol. The Morgan fingerprint density at radius 2 is 1.80 bits per heavy atom. The van der Waals surface area contributed by atoms with Crippen LogP contribution in [0.1, 0.15) is 22.9 Å². The number of aromatic nitrogens is 1. The molecule has 0 aliphatic carbocycles. The maximum absolute atomic E-state index is 12.4. The fraction of sp³-hybridized carbons (Fsp3) is 0.214. The zero-order chi connectivity index (χ0) is 14.8. The van der Waals surface area contributed by atoms with Crippen molar-refractivity contribution >= 4 is 15.9 Å². The largest absolute Gasteiger partial charge is 0.416 e. The maximum Gasteiger partial charge on any atom is 0.416 e. The number of hydrogen-bond acceptors (Lipinski definition) is 2. The third-order valence-electron chi connectivity index (χ3n) is 2.81. The van der Waals surface area contributed by atoms with Gasteiger partial charge in [0.25, 0.3) is 0 Å². The van der Waals surface area contributed by atoms with Crippen LogP contribution in [0, 0.1) is 0 Å².